The largest absolute Gasteiger partial charge is 0.389 e. The minimum atomic E-state index is -0.516. The second-order valence-electron chi connectivity index (χ2n) is 4.70. The van der Waals surface area contributed by atoms with Gasteiger partial charge >= 0.3 is 0 Å². The standard InChI is InChI=1S/C12H20N2O/c1-3-14-8-7-13-11(14)9-12(15)6-4-5-10(12)2/h7-8,10,15H,3-6,9H2,1-2H3. The molecule has 1 aliphatic carbocycles. The first kappa shape index (κ1) is 10.7. The quantitative estimate of drug-likeness (QED) is 0.825. The molecule has 1 aromatic heterocycles. The lowest BCUT2D eigenvalue weighted by atomic mass is 9.89. The highest BCUT2D eigenvalue weighted by Gasteiger charge is 2.39. The van der Waals surface area contributed by atoms with E-state index in [1.165, 1.54) is 0 Å². The molecule has 0 bridgehead atoms. The molecule has 3 nitrogen and oxygen atoms in total. The molecule has 1 aromatic rings. The molecule has 0 radical (unpaired) electrons. The van der Waals surface area contributed by atoms with Crippen LogP contribution in [0.3, 0.4) is 0 Å². The normalized spacial score (nSPS) is 31.0. The van der Waals surface area contributed by atoms with Gasteiger partial charge < -0.3 is 9.67 Å². The highest BCUT2D eigenvalue weighted by atomic mass is 16.3. The molecule has 1 N–H and O–H groups in total. The van der Waals surface area contributed by atoms with Crippen molar-refractivity contribution >= 4 is 0 Å². The lowest BCUT2D eigenvalue weighted by Gasteiger charge is -2.27. The third kappa shape index (κ3) is 1.93. The van der Waals surface area contributed by atoms with E-state index < -0.39 is 5.60 Å². The van der Waals surface area contributed by atoms with Crippen molar-refractivity contribution in [2.24, 2.45) is 5.92 Å². The van der Waals surface area contributed by atoms with Gasteiger partial charge in [0.05, 0.1) is 5.60 Å². The van der Waals surface area contributed by atoms with Crippen LogP contribution >= 0.6 is 0 Å². The van der Waals surface area contributed by atoms with Crippen LogP contribution in [0.5, 0.6) is 0 Å². The molecule has 2 rings (SSSR count). The van der Waals surface area contributed by atoms with Gasteiger partial charge in [-0.3, -0.25) is 0 Å². The van der Waals surface area contributed by atoms with Gasteiger partial charge in [-0.2, -0.15) is 0 Å². The van der Waals surface area contributed by atoms with Crippen LogP contribution in [0.15, 0.2) is 12.4 Å². The minimum Gasteiger partial charge on any atom is -0.389 e. The average Bonchev–Trinajstić information content (AvgIpc) is 2.76. The Morgan fingerprint density at radius 2 is 2.47 bits per heavy atom. The predicted molar refractivity (Wildman–Crippen MR) is 59.6 cm³/mol. The molecule has 15 heavy (non-hydrogen) atoms. The molecule has 0 amide bonds. The summed E-state index contributed by atoms with van der Waals surface area (Å²) in [7, 11) is 0. The number of rotatable bonds is 3. The minimum absolute atomic E-state index is 0.402. The van der Waals surface area contributed by atoms with Crippen molar-refractivity contribution in [3.05, 3.63) is 18.2 Å². The monoisotopic (exact) mass is 208 g/mol. The molecule has 1 aliphatic rings. The van der Waals surface area contributed by atoms with Gasteiger partial charge in [-0.05, 0) is 25.7 Å². The first-order valence-electron chi connectivity index (χ1n) is 5.88. The van der Waals surface area contributed by atoms with Crippen LogP contribution in [0, 0.1) is 5.92 Å². The Hall–Kier alpha value is -0.830. The third-order valence-corrected chi connectivity index (χ3v) is 3.77. The van der Waals surface area contributed by atoms with E-state index in [9.17, 15) is 5.11 Å². The number of aliphatic hydroxyl groups is 1. The Morgan fingerprint density at radius 3 is 3.07 bits per heavy atom. The van der Waals surface area contributed by atoms with E-state index >= 15 is 0 Å². The fourth-order valence-corrected chi connectivity index (χ4v) is 2.56. The summed E-state index contributed by atoms with van der Waals surface area (Å²) in [6.45, 7) is 5.18. The lowest BCUT2D eigenvalue weighted by Crippen LogP contribution is -2.35. The summed E-state index contributed by atoms with van der Waals surface area (Å²) in [6, 6.07) is 0. The number of aromatic nitrogens is 2. The molecule has 3 heteroatoms. The molecular formula is C12H20N2O. The van der Waals surface area contributed by atoms with Crippen molar-refractivity contribution in [1.82, 2.24) is 9.55 Å². The molecule has 0 aliphatic heterocycles. The average molecular weight is 208 g/mol. The van der Waals surface area contributed by atoms with E-state index in [1.807, 2.05) is 12.4 Å². The number of hydrogen-bond donors (Lipinski definition) is 1. The van der Waals surface area contributed by atoms with E-state index in [0.29, 0.717) is 12.3 Å². The second kappa shape index (κ2) is 3.97. The first-order valence-corrected chi connectivity index (χ1v) is 5.88. The van der Waals surface area contributed by atoms with Gasteiger partial charge in [0.25, 0.3) is 0 Å². The fraction of sp³-hybridized carbons (Fsp3) is 0.750. The Kier molecular flexibility index (Phi) is 2.83. The van der Waals surface area contributed by atoms with Gasteiger partial charge in [-0.15, -0.1) is 0 Å². The third-order valence-electron chi connectivity index (χ3n) is 3.77. The van der Waals surface area contributed by atoms with Crippen molar-refractivity contribution in [2.45, 2.75) is 51.7 Å². The van der Waals surface area contributed by atoms with Crippen LogP contribution in [0.2, 0.25) is 0 Å². The molecule has 0 spiro atoms. The van der Waals surface area contributed by atoms with Gasteiger partial charge in [-0.25, -0.2) is 4.98 Å². The predicted octanol–water partition coefficient (Wildman–Crippen LogP) is 2.00. The highest BCUT2D eigenvalue weighted by molar-refractivity contribution is 5.02. The number of hydrogen-bond acceptors (Lipinski definition) is 2. The lowest BCUT2D eigenvalue weighted by molar-refractivity contribution is 0.00710. The summed E-state index contributed by atoms with van der Waals surface area (Å²) in [5.74, 6) is 1.42. The maximum Gasteiger partial charge on any atom is 0.111 e. The van der Waals surface area contributed by atoms with E-state index in [-0.39, 0.29) is 0 Å². The summed E-state index contributed by atoms with van der Waals surface area (Å²) in [5.41, 5.74) is -0.516. The molecule has 84 valence electrons. The maximum atomic E-state index is 10.5. The summed E-state index contributed by atoms with van der Waals surface area (Å²) < 4.78 is 2.11. The maximum absolute atomic E-state index is 10.5. The second-order valence-corrected chi connectivity index (χ2v) is 4.70. The highest BCUT2D eigenvalue weighted by Crippen LogP contribution is 2.37. The van der Waals surface area contributed by atoms with Crippen LogP contribution < -0.4 is 0 Å². The topological polar surface area (TPSA) is 38.0 Å². The zero-order valence-electron chi connectivity index (χ0n) is 9.61. The van der Waals surface area contributed by atoms with Gasteiger partial charge in [-0.1, -0.05) is 13.3 Å². The summed E-state index contributed by atoms with van der Waals surface area (Å²) in [6.07, 6.45) is 7.72. The Labute approximate surface area is 91.1 Å². The van der Waals surface area contributed by atoms with Crippen molar-refractivity contribution in [3.63, 3.8) is 0 Å². The van der Waals surface area contributed by atoms with Crippen LogP contribution in [0.25, 0.3) is 0 Å². The number of imidazole rings is 1. The van der Waals surface area contributed by atoms with Gasteiger partial charge in [0.1, 0.15) is 5.82 Å². The number of nitrogens with zero attached hydrogens (tertiary/aromatic N) is 2. The van der Waals surface area contributed by atoms with Crippen molar-refractivity contribution in [2.75, 3.05) is 0 Å². The molecular weight excluding hydrogens is 188 g/mol. The molecule has 1 heterocycles. The van der Waals surface area contributed by atoms with Crippen LogP contribution in [0.1, 0.15) is 38.9 Å². The molecule has 2 atom stereocenters. The Morgan fingerprint density at radius 1 is 1.67 bits per heavy atom. The summed E-state index contributed by atoms with van der Waals surface area (Å²) in [5, 5.41) is 10.5. The zero-order chi connectivity index (χ0) is 10.9. The van der Waals surface area contributed by atoms with E-state index in [0.717, 1.165) is 31.6 Å². The van der Waals surface area contributed by atoms with Crippen molar-refractivity contribution < 1.29 is 5.11 Å². The Bertz CT molecular complexity index is 334. The summed E-state index contributed by atoms with van der Waals surface area (Å²) >= 11 is 0. The molecule has 1 fully saturated rings. The molecule has 0 saturated heterocycles. The number of aryl methyl sites for hydroxylation is 1. The molecule has 1 saturated carbocycles. The zero-order valence-corrected chi connectivity index (χ0v) is 9.61. The molecule has 0 aromatic carbocycles. The van der Waals surface area contributed by atoms with E-state index in [2.05, 4.69) is 23.4 Å². The van der Waals surface area contributed by atoms with Gasteiger partial charge in [0, 0.05) is 25.4 Å². The summed E-state index contributed by atoms with van der Waals surface area (Å²) in [4.78, 5) is 4.33. The van der Waals surface area contributed by atoms with Gasteiger partial charge in [0.2, 0.25) is 0 Å². The van der Waals surface area contributed by atoms with Crippen molar-refractivity contribution in [1.29, 1.82) is 0 Å². The van der Waals surface area contributed by atoms with E-state index in [4.69, 9.17) is 0 Å². The smallest absolute Gasteiger partial charge is 0.111 e. The van der Waals surface area contributed by atoms with E-state index in [1.54, 1.807) is 0 Å². The first-order chi connectivity index (χ1) is 7.15. The molecule has 2 unspecified atom stereocenters. The SMILES string of the molecule is CCn1ccnc1CC1(O)CCCC1C. The fourth-order valence-electron chi connectivity index (χ4n) is 2.56. The Balaban J connectivity index is 2.14. The van der Waals surface area contributed by atoms with Crippen molar-refractivity contribution in [3.8, 4) is 0 Å². The van der Waals surface area contributed by atoms with Crippen LogP contribution in [-0.2, 0) is 13.0 Å². The van der Waals surface area contributed by atoms with Gasteiger partial charge in [0.15, 0.2) is 0 Å². The van der Waals surface area contributed by atoms with Crippen LogP contribution in [-0.4, -0.2) is 20.3 Å². The van der Waals surface area contributed by atoms with Crippen LogP contribution in [0.4, 0.5) is 0 Å².